The summed E-state index contributed by atoms with van der Waals surface area (Å²) >= 11 is 0. The number of rotatable bonds is 5. The summed E-state index contributed by atoms with van der Waals surface area (Å²) in [6.07, 6.45) is 4.91. The third kappa shape index (κ3) is 3.53. The second-order valence-corrected chi connectivity index (χ2v) is 9.47. The number of carboxylic acids is 1. The molecule has 34 heavy (non-hydrogen) atoms. The van der Waals surface area contributed by atoms with Crippen LogP contribution in [0.5, 0.6) is 0 Å². The molecule has 2 aromatic carbocycles. The Kier molecular flexibility index (Phi) is 4.88. The number of furan rings is 1. The summed E-state index contributed by atoms with van der Waals surface area (Å²) in [7, 11) is 0. The maximum absolute atomic E-state index is 11.1. The van der Waals surface area contributed by atoms with Crippen LogP contribution < -0.4 is 0 Å². The lowest BCUT2D eigenvalue weighted by molar-refractivity contribution is -0.147. The van der Waals surface area contributed by atoms with Gasteiger partial charge in [0.1, 0.15) is 0 Å². The quantitative estimate of drug-likeness (QED) is 0.427. The minimum atomic E-state index is -0.676. The molecule has 1 saturated carbocycles. The number of carbonyl (C=O) groups is 1. The van der Waals surface area contributed by atoms with Gasteiger partial charge in [-0.2, -0.15) is 4.98 Å². The summed E-state index contributed by atoms with van der Waals surface area (Å²) in [6.45, 7) is 5.84. The molecule has 0 atom stereocenters. The Morgan fingerprint density at radius 2 is 1.76 bits per heavy atom. The number of aliphatic carboxylic acids is 1. The number of fused-ring (bicyclic) bond motifs is 1. The van der Waals surface area contributed by atoms with Crippen LogP contribution in [-0.4, -0.2) is 32.2 Å². The molecule has 1 fully saturated rings. The van der Waals surface area contributed by atoms with Crippen LogP contribution in [0, 0.1) is 19.8 Å². The van der Waals surface area contributed by atoms with E-state index in [-0.39, 0.29) is 5.92 Å². The average Bonchev–Trinajstić information content (AvgIpc) is 3.52. The minimum Gasteiger partial charge on any atom is -0.481 e. The first-order valence-electron chi connectivity index (χ1n) is 11.5. The molecule has 0 amide bonds. The maximum atomic E-state index is 11.1. The Morgan fingerprint density at radius 1 is 1.00 bits per heavy atom. The summed E-state index contributed by atoms with van der Waals surface area (Å²) < 4.78 is 10.9. The number of hydrogen-bond acceptors (Lipinski definition) is 6. The van der Waals surface area contributed by atoms with Crippen molar-refractivity contribution < 1.29 is 18.8 Å². The number of aromatic nitrogens is 2. The van der Waals surface area contributed by atoms with Crippen molar-refractivity contribution >= 4 is 5.97 Å². The van der Waals surface area contributed by atoms with Gasteiger partial charge >= 0.3 is 5.97 Å². The zero-order valence-corrected chi connectivity index (χ0v) is 19.1. The second-order valence-electron chi connectivity index (χ2n) is 9.47. The van der Waals surface area contributed by atoms with Crippen molar-refractivity contribution in [3.63, 3.8) is 0 Å². The Hall–Kier alpha value is -3.71. The highest BCUT2D eigenvalue weighted by atomic mass is 16.5. The minimum absolute atomic E-state index is 0.192. The van der Waals surface area contributed by atoms with E-state index in [0.29, 0.717) is 17.8 Å². The lowest BCUT2D eigenvalue weighted by atomic mass is 9.79. The normalized spacial score (nSPS) is 19.7. The van der Waals surface area contributed by atoms with Crippen molar-refractivity contribution in [2.45, 2.75) is 45.8 Å². The zero-order chi connectivity index (χ0) is 23.4. The van der Waals surface area contributed by atoms with E-state index in [2.05, 4.69) is 53.2 Å². The Labute approximate surface area is 197 Å². The highest BCUT2D eigenvalue weighted by Gasteiger charge is 2.39. The Balaban J connectivity index is 1.22. The molecular weight excluding hydrogens is 430 g/mol. The number of nitrogens with zero attached hydrogens (tertiary/aromatic N) is 3. The summed E-state index contributed by atoms with van der Waals surface area (Å²) in [4.78, 5) is 18.2. The molecule has 1 aliphatic heterocycles. The van der Waals surface area contributed by atoms with E-state index in [1.54, 1.807) is 12.5 Å². The van der Waals surface area contributed by atoms with Crippen LogP contribution in [0.3, 0.4) is 0 Å². The lowest BCUT2D eigenvalue weighted by Gasteiger charge is -2.39. The zero-order valence-electron chi connectivity index (χ0n) is 19.1. The van der Waals surface area contributed by atoms with Gasteiger partial charge in [-0.1, -0.05) is 17.3 Å². The third-order valence-electron chi connectivity index (χ3n) is 7.21. The van der Waals surface area contributed by atoms with Gasteiger partial charge in [0, 0.05) is 35.8 Å². The molecule has 7 nitrogen and oxygen atoms in total. The van der Waals surface area contributed by atoms with E-state index >= 15 is 0 Å². The third-order valence-corrected chi connectivity index (χ3v) is 7.21. The van der Waals surface area contributed by atoms with Gasteiger partial charge in [-0.25, -0.2) is 0 Å². The van der Waals surface area contributed by atoms with Gasteiger partial charge in [0.05, 0.1) is 18.4 Å². The fourth-order valence-corrected chi connectivity index (χ4v) is 5.31. The lowest BCUT2D eigenvalue weighted by Crippen LogP contribution is -2.44. The summed E-state index contributed by atoms with van der Waals surface area (Å²) in [5.41, 5.74) is 8.81. The van der Waals surface area contributed by atoms with Crippen molar-refractivity contribution in [2.75, 3.05) is 0 Å². The average molecular weight is 456 g/mol. The fraction of sp³-hybridized carbons (Fsp3) is 0.296. The van der Waals surface area contributed by atoms with E-state index in [4.69, 9.17) is 14.0 Å². The van der Waals surface area contributed by atoms with Crippen LogP contribution in [0.1, 0.15) is 35.1 Å². The molecule has 0 radical (unpaired) electrons. The molecule has 1 aliphatic carbocycles. The number of carboxylic acid groups (broad SMARTS) is 1. The van der Waals surface area contributed by atoms with Gasteiger partial charge in [0.2, 0.25) is 5.82 Å². The van der Waals surface area contributed by atoms with E-state index in [1.165, 1.54) is 11.1 Å². The Bertz CT molecular complexity index is 1360. The van der Waals surface area contributed by atoms with Crippen molar-refractivity contribution in [3.05, 3.63) is 71.2 Å². The fourth-order valence-electron chi connectivity index (χ4n) is 5.31. The largest absolute Gasteiger partial charge is 0.481 e. The predicted octanol–water partition coefficient (Wildman–Crippen LogP) is 5.46. The molecule has 4 aromatic rings. The van der Waals surface area contributed by atoms with Crippen LogP contribution in [0.25, 0.3) is 34.0 Å². The molecule has 0 unspecified atom stereocenters. The van der Waals surface area contributed by atoms with Crippen LogP contribution >= 0.6 is 0 Å². The molecule has 2 aliphatic rings. The smallest absolute Gasteiger partial charge is 0.306 e. The highest BCUT2D eigenvalue weighted by Crippen LogP contribution is 2.38. The second kappa shape index (κ2) is 7.95. The molecule has 0 spiro atoms. The van der Waals surface area contributed by atoms with E-state index in [1.807, 2.05) is 12.1 Å². The first kappa shape index (κ1) is 20.9. The highest BCUT2D eigenvalue weighted by molar-refractivity contribution is 5.74. The summed E-state index contributed by atoms with van der Waals surface area (Å²) in [5, 5.41) is 13.4. The number of benzene rings is 2. The van der Waals surface area contributed by atoms with Gasteiger partial charge in [-0.15, -0.1) is 0 Å². The Morgan fingerprint density at radius 3 is 2.47 bits per heavy atom. The molecule has 0 bridgehead atoms. The monoisotopic (exact) mass is 455 g/mol. The van der Waals surface area contributed by atoms with Crippen LogP contribution in [-0.2, 0) is 17.9 Å². The van der Waals surface area contributed by atoms with E-state index in [0.717, 1.165) is 59.3 Å². The van der Waals surface area contributed by atoms with Gasteiger partial charge in [-0.3, -0.25) is 9.69 Å². The molecular formula is C27H25N3O4. The number of hydrogen-bond donors (Lipinski definition) is 1. The van der Waals surface area contributed by atoms with Crippen molar-refractivity contribution in [1.82, 2.24) is 15.0 Å². The molecule has 172 valence electrons. The van der Waals surface area contributed by atoms with Crippen molar-refractivity contribution in [3.8, 4) is 34.0 Å². The summed E-state index contributed by atoms with van der Waals surface area (Å²) in [5.74, 6) is 0.198. The van der Waals surface area contributed by atoms with Crippen LogP contribution in [0.4, 0.5) is 0 Å². The number of aryl methyl sites for hydroxylation is 2. The van der Waals surface area contributed by atoms with E-state index in [9.17, 15) is 4.79 Å². The summed E-state index contributed by atoms with van der Waals surface area (Å²) in [6, 6.07) is 12.7. The first-order chi connectivity index (χ1) is 16.5. The molecule has 7 heteroatoms. The van der Waals surface area contributed by atoms with Crippen LogP contribution in [0.15, 0.2) is 57.9 Å². The van der Waals surface area contributed by atoms with Gasteiger partial charge in [0.25, 0.3) is 5.89 Å². The standard InChI is InChI=1S/C27H25N3O4/c1-15-7-20(8-16(2)24(15)19-5-6-33-14-19)26-28-25(29-34-26)17-3-4-18-12-30(13-22(18)9-17)23-10-21(11-23)27(31)32/h3-9,14,21,23H,10-13H2,1-2H3,(H,31,32)/t21-,23-. The topological polar surface area (TPSA) is 92.6 Å². The predicted molar refractivity (Wildman–Crippen MR) is 126 cm³/mol. The molecule has 2 aromatic heterocycles. The van der Waals surface area contributed by atoms with Gasteiger partial charge in [-0.05, 0) is 78.8 Å². The van der Waals surface area contributed by atoms with Crippen molar-refractivity contribution in [1.29, 1.82) is 0 Å². The molecule has 6 rings (SSSR count). The molecule has 1 N–H and O–H groups in total. The maximum Gasteiger partial charge on any atom is 0.306 e. The van der Waals surface area contributed by atoms with E-state index < -0.39 is 5.97 Å². The van der Waals surface area contributed by atoms with Crippen LogP contribution in [0.2, 0.25) is 0 Å². The first-order valence-corrected chi connectivity index (χ1v) is 11.5. The van der Waals surface area contributed by atoms with Gasteiger partial charge < -0.3 is 14.0 Å². The SMILES string of the molecule is Cc1cc(-c2nc(-c3ccc4c(c3)CN([C@H]3C[C@H](C(=O)O)C3)C4)no2)cc(C)c1-c1ccoc1. The molecule has 3 heterocycles. The molecule has 0 saturated heterocycles. The van der Waals surface area contributed by atoms with Gasteiger partial charge in [0.15, 0.2) is 0 Å². The van der Waals surface area contributed by atoms with Crippen molar-refractivity contribution in [2.24, 2.45) is 5.92 Å².